The van der Waals surface area contributed by atoms with Gasteiger partial charge in [0, 0.05) is 11.3 Å². The average Bonchev–Trinajstić information content (AvgIpc) is 2.58. The number of carbonyl (C=O) groups excluding carboxylic acids is 1. The fourth-order valence-electron chi connectivity index (χ4n) is 2.24. The molecule has 2 aromatic carbocycles. The highest BCUT2D eigenvalue weighted by molar-refractivity contribution is 5.97. The van der Waals surface area contributed by atoms with E-state index in [0.29, 0.717) is 35.8 Å². The minimum absolute atomic E-state index is 0.0531. The van der Waals surface area contributed by atoms with Crippen molar-refractivity contribution < 1.29 is 14.3 Å². The van der Waals surface area contributed by atoms with Crippen LogP contribution in [0.1, 0.15) is 15.9 Å². The van der Waals surface area contributed by atoms with Crippen molar-refractivity contribution in [3.05, 3.63) is 53.6 Å². The number of nitrogen functional groups attached to an aromatic ring is 1. The molecule has 5 nitrogen and oxygen atoms in total. The van der Waals surface area contributed by atoms with Crippen LogP contribution < -0.4 is 20.5 Å². The highest BCUT2D eigenvalue weighted by Crippen LogP contribution is 2.27. The summed E-state index contributed by atoms with van der Waals surface area (Å²) in [5.74, 6) is 1.47. The molecule has 0 amide bonds. The molecule has 0 aliphatic carbocycles. The van der Waals surface area contributed by atoms with Crippen LogP contribution in [0.3, 0.4) is 0 Å². The summed E-state index contributed by atoms with van der Waals surface area (Å²) in [5, 5.41) is 3.16. The Balaban J connectivity index is 1.81. The van der Waals surface area contributed by atoms with Crippen LogP contribution in [-0.2, 0) is 6.42 Å². The molecule has 2 rings (SSSR count). The Morgan fingerprint density at radius 1 is 1.04 bits per heavy atom. The van der Waals surface area contributed by atoms with Crippen molar-refractivity contribution in [1.29, 1.82) is 0 Å². The highest BCUT2D eigenvalue weighted by Gasteiger charge is 2.06. The Morgan fingerprint density at radius 3 is 2.39 bits per heavy atom. The van der Waals surface area contributed by atoms with E-state index in [1.807, 2.05) is 18.2 Å². The van der Waals surface area contributed by atoms with Crippen LogP contribution >= 0.6 is 0 Å². The van der Waals surface area contributed by atoms with E-state index in [9.17, 15) is 4.79 Å². The van der Waals surface area contributed by atoms with E-state index in [-0.39, 0.29) is 5.78 Å². The summed E-state index contributed by atoms with van der Waals surface area (Å²) in [6.07, 6.45) is 0.801. The molecule has 0 fully saturated rings. The largest absolute Gasteiger partial charge is 0.493 e. The number of nitrogens with two attached hydrogens (primary N) is 1. The summed E-state index contributed by atoms with van der Waals surface area (Å²) < 4.78 is 10.5. The van der Waals surface area contributed by atoms with Crippen molar-refractivity contribution in [2.75, 3.05) is 33.0 Å². The van der Waals surface area contributed by atoms with Crippen LogP contribution in [0.4, 0.5) is 5.69 Å². The zero-order valence-electron chi connectivity index (χ0n) is 13.5. The summed E-state index contributed by atoms with van der Waals surface area (Å²) in [7, 11) is 3.23. The summed E-state index contributed by atoms with van der Waals surface area (Å²) in [5.41, 5.74) is 8.05. The number of methoxy groups -OCH3 is 2. The first-order chi connectivity index (χ1) is 11.1. The van der Waals surface area contributed by atoms with Crippen LogP contribution in [0.5, 0.6) is 11.5 Å². The predicted octanol–water partition coefficient (Wildman–Crippen LogP) is 2.30. The number of carbonyl (C=O) groups is 1. The fourth-order valence-corrected chi connectivity index (χ4v) is 2.24. The van der Waals surface area contributed by atoms with Crippen molar-refractivity contribution in [2.24, 2.45) is 0 Å². The topological polar surface area (TPSA) is 73.6 Å². The summed E-state index contributed by atoms with van der Waals surface area (Å²) in [4.78, 5) is 12.0. The number of anilines is 1. The van der Waals surface area contributed by atoms with Gasteiger partial charge >= 0.3 is 0 Å². The van der Waals surface area contributed by atoms with E-state index in [0.717, 1.165) is 12.0 Å². The average molecular weight is 314 g/mol. The van der Waals surface area contributed by atoms with Crippen molar-refractivity contribution in [2.45, 2.75) is 6.42 Å². The van der Waals surface area contributed by atoms with E-state index >= 15 is 0 Å². The third kappa shape index (κ3) is 4.72. The number of ketones is 1. The molecule has 0 aliphatic heterocycles. The molecule has 5 heteroatoms. The van der Waals surface area contributed by atoms with Crippen molar-refractivity contribution >= 4 is 11.5 Å². The molecular formula is C18H22N2O3. The highest BCUT2D eigenvalue weighted by atomic mass is 16.5. The molecule has 0 aliphatic rings. The Hall–Kier alpha value is -2.53. The maximum absolute atomic E-state index is 12.0. The molecule has 122 valence electrons. The molecule has 0 heterocycles. The Bertz CT molecular complexity index is 654. The van der Waals surface area contributed by atoms with Gasteiger partial charge < -0.3 is 20.5 Å². The first-order valence-electron chi connectivity index (χ1n) is 7.44. The van der Waals surface area contributed by atoms with Crippen LogP contribution in [0.2, 0.25) is 0 Å². The molecule has 0 bridgehead atoms. The van der Waals surface area contributed by atoms with Crippen LogP contribution in [0, 0.1) is 0 Å². The van der Waals surface area contributed by atoms with Crippen molar-refractivity contribution in [1.82, 2.24) is 5.32 Å². The van der Waals surface area contributed by atoms with Gasteiger partial charge in [0.15, 0.2) is 17.3 Å². The molecule has 0 saturated heterocycles. The van der Waals surface area contributed by atoms with E-state index in [2.05, 4.69) is 5.32 Å². The van der Waals surface area contributed by atoms with Gasteiger partial charge in [0.2, 0.25) is 0 Å². The van der Waals surface area contributed by atoms with Crippen molar-refractivity contribution in [3.8, 4) is 11.5 Å². The second kappa shape index (κ2) is 8.19. The summed E-state index contributed by atoms with van der Waals surface area (Å²) in [6, 6.07) is 12.8. The van der Waals surface area contributed by atoms with Crippen LogP contribution in [-0.4, -0.2) is 33.1 Å². The number of benzene rings is 2. The van der Waals surface area contributed by atoms with Gasteiger partial charge in [-0.15, -0.1) is 0 Å². The number of nitrogens with one attached hydrogen (secondary N) is 1. The van der Waals surface area contributed by atoms with Gasteiger partial charge in [0.25, 0.3) is 0 Å². The Morgan fingerprint density at radius 2 is 1.74 bits per heavy atom. The first kappa shape index (κ1) is 16.8. The third-order valence-electron chi connectivity index (χ3n) is 3.56. The number of hydrogen-bond acceptors (Lipinski definition) is 5. The van der Waals surface area contributed by atoms with Crippen LogP contribution in [0.25, 0.3) is 0 Å². The van der Waals surface area contributed by atoms with Gasteiger partial charge in [-0.3, -0.25) is 4.79 Å². The molecule has 0 aromatic heterocycles. The quantitative estimate of drug-likeness (QED) is 0.444. The van der Waals surface area contributed by atoms with Gasteiger partial charge in [-0.2, -0.15) is 0 Å². The van der Waals surface area contributed by atoms with Gasteiger partial charge in [0.05, 0.1) is 20.8 Å². The molecule has 2 aromatic rings. The lowest BCUT2D eigenvalue weighted by atomic mass is 10.1. The maximum Gasteiger partial charge on any atom is 0.176 e. The lowest BCUT2D eigenvalue weighted by molar-refractivity contribution is 0.0991. The molecule has 23 heavy (non-hydrogen) atoms. The molecule has 0 spiro atoms. The van der Waals surface area contributed by atoms with E-state index in [1.54, 1.807) is 38.5 Å². The van der Waals surface area contributed by atoms with Gasteiger partial charge in [-0.25, -0.2) is 0 Å². The van der Waals surface area contributed by atoms with Gasteiger partial charge in [-0.05, 0) is 54.9 Å². The molecule has 0 unspecified atom stereocenters. The molecule has 3 N–H and O–H groups in total. The van der Waals surface area contributed by atoms with Gasteiger partial charge in [0.1, 0.15) is 0 Å². The number of hydrogen-bond donors (Lipinski definition) is 2. The smallest absolute Gasteiger partial charge is 0.176 e. The lowest BCUT2D eigenvalue weighted by Crippen LogP contribution is -2.25. The zero-order chi connectivity index (χ0) is 16.7. The number of ether oxygens (including phenoxy) is 2. The molecular weight excluding hydrogens is 292 g/mol. The Labute approximate surface area is 136 Å². The number of rotatable bonds is 8. The minimum Gasteiger partial charge on any atom is -0.493 e. The normalized spacial score (nSPS) is 10.3. The monoisotopic (exact) mass is 314 g/mol. The van der Waals surface area contributed by atoms with Crippen molar-refractivity contribution in [3.63, 3.8) is 0 Å². The summed E-state index contributed by atoms with van der Waals surface area (Å²) >= 11 is 0. The van der Waals surface area contributed by atoms with E-state index in [1.165, 1.54) is 0 Å². The Kier molecular flexibility index (Phi) is 6.00. The molecule has 0 saturated carbocycles. The fraction of sp³-hybridized carbons (Fsp3) is 0.278. The minimum atomic E-state index is 0.0531. The molecule has 0 atom stereocenters. The molecule has 0 radical (unpaired) electrons. The lowest BCUT2D eigenvalue weighted by Gasteiger charge is -2.10. The van der Waals surface area contributed by atoms with Gasteiger partial charge in [-0.1, -0.05) is 6.07 Å². The summed E-state index contributed by atoms with van der Waals surface area (Å²) in [6.45, 7) is 1.01. The van der Waals surface area contributed by atoms with E-state index < -0.39 is 0 Å². The second-order valence-electron chi connectivity index (χ2n) is 5.16. The second-order valence-corrected chi connectivity index (χ2v) is 5.16. The number of Topliss-reactive ketones (excluding diaryl/α,β-unsaturated/α-hetero) is 1. The maximum atomic E-state index is 12.0. The predicted molar refractivity (Wildman–Crippen MR) is 91.3 cm³/mol. The van der Waals surface area contributed by atoms with Crippen LogP contribution in [0.15, 0.2) is 42.5 Å². The SMILES string of the molecule is COc1ccc(CCNCC(=O)c2ccc(N)cc2)cc1OC. The zero-order valence-corrected chi connectivity index (χ0v) is 13.5. The third-order valence-corrected chi connectivity index (χ3v) is 3.56. The first-order valence-corrected chi connectivity index (χ1v) is 7.44. The standard InChI is InChI=1S/C18H22N2O3/c1-22-17-8-3-13(11-18(17)23-2)9-10-20-12-16(21)14-4-6-15(19)7-5-14/h3-8,11,20H,9-10,12,19H2,1-2H3. The van der Waals surface area contributed by atoms with E-state index in [4.69, 9.17) is 15.2 Å².